The number of nitrogens with zero attached hydrogens (tertiary/aromatic N) is 5. The average Bonchev–Trinajstić information content (AvgIpc) is 3.15. The topological polar surface area (TPSA) is 61.9 Å². The van der Waals surface area contributed by atoms with Gasteiger partial charge in [-0.15, -0.1) is 0 Å². The summed E-state index contributed by atoms with van der Waals surface area (Å²) in [5.74, 6) is 0.354. The largest absolute Gasteiger partial charge is 0.461 e. The molecule has 10 heteroatoms. The van der Waals surface area contributed by atoms with Crippen molar-refractivity contribution in [2.24, 2.45) is 32.4 Å². The van der Waals surface area contributed by atoms with E-state index in [1.807, 2.05) is 0 Å². The summed E-state index contributed by atoms with van der Waals surface area (Å²) < 4.78 is 54.4. The zero-order valence-corrected chi connectivity index (χ0v) is 12.7. The van der Waals surface area contributed by atoms with E-state index < -0.39 is 12.5 Å². The molecule has 0 unspecified atom stereocenters. The van der Waals surface area contributed by atoms with Gasteiger partial charge in [0.2, 0.25) is 0 Å². The molecule has 0 N–H and O–H groups in total. The fourth-order valence-corrected chi connectivity index (χ4v) is 4.43. The SMILES string of the molecule is FC(F)C(F)(F)Oc1ccc(N2N=N[C@H]3[C@H]4C[C@H]([C@@H]5N=N[C@H]45)[C@H]32)cc1. The smallest absolute Gasteiger partial charge is 0.428 e. The summed E-state index contributed by atoms with van der Waals surface area (Å²) in [5, 5.41) is 18.8. The van der Waals surface area contributed by atoms with Crippen molar-refractivity contribution >= 4 is 5.69 Å². The van der Waals surface area contributed by atoms with Crippen LogP contribution in [0.25, 0.3) is 0 Å². The predicted octanol–water partition coefficient (Wildman–Crippen LogP) is 3.70. The van der Waals surface area contributed by atoms with Gasteiger partial charge in [0.25, 0.3) is 0 Å². The van der Waals surface area contributed by atoms with E-state index in [4.69, 9.17) is 0 Å². The quantitative estimate of drug-likeness (QED) is 0.773. The number of hydrogen-bond acceptors (Lipinski definition) is 6. The highest BCUT2D eigenvalue weighted by molar-refractivity contribution is 5.51. The van der Waals surface area contributed by atoms with Crippen LogP contribution in [0.3, 0.4) is 0 Å². The highest BCUT2D eigenvalue weighted by atomic mass is 19.3. The van der Waals surface area contributed by atoms with Gasteiger partial charge in [0.05, 0.1) is 11.7 Å². The normalized spacial score (nSPS) is 37.4. The van der Waals surface area contributed by atoms with Crippen LogP contribution in [0.1, 0.15) is 6.42 Å². The summed E-state index contributed by atoms with van der Waals surface area (Å²) in [6.07, 6.45) is -7.40. The highest BCUT2D eigenvalue weighted by Gasteiger charge is 2.65. The highest BCUT2D eigenvalue weighted by Crippen LogP contribution is 2.56. The van der Waals surface area contributed by atoms with Crippen molar-refractivity contribution in [3.05, 3.63) is 24.3 Å². The fraction of sp³-hybridized carbons (Fsp3) is 0.600. The first kappa shape index (κ1) is 15.0. The maximum atomic E-state index is 13.0. The van der Waals surface area contributed by atoms with E-state index in [0.717, 1.165) is 6.42 Å². The number of benzene rings is 1. The predicted molar refractivity (Wildman–Crippen MR) is 77.0 cm³/mol. The lowest BCUT2D eigenvalue weighted by Gasteiger charge is -2.38. The van der Waals surface area contributed by atoms with Crippen LogP contribution in [0.2, 0.25) is 0 Å². The molecule has 4 aliphatic rings. The molecule has 6 atom stereocenters. The van der Waals surface area contributed by atoms with Crippen LogP contribution in [0, 0.1) is 11.8 Å². The second-order valence-corrected chi connectivity index (χ2v) is 6.76. The minimum absolute atomic E-state index is 0.0737. The number of hydrogen-bond donors (Lipinski definition) is 0. The zero-order chi connectivity index (χ0) is 17.3. The molecule has 0 saturated heterocycles. The molecule has 2 saturated carbocycles. The Bertz CT molecular complexity index is 755. The van der Waals surface area contributed by atoms with E-state index in [9.17, 15) is 17.6 Å². The Morgan fingerprint density at radius 3 is 2.32 bits per heavy atom. The van der Waals surface area contributed by atoms with Crippen molar-refractivity contribution in [1.29, 1.82) is 0 Å². The molecule has 0 amide bonds. The number of rotatable bonds is 4. The van der Waals surface area contributed by atoms with Crippen LogP contribution in [-0.2, 0) is 0 Å². The molecule has 1 aromatic carbocycles. The molecule has 5 rings (SSSR count). The van der Waals surface area contributed by atoms with Crippen LogP contribution in [-0.4, -0.2) is 36.7 Å². The number of azo groups is 1. The first-order chi connectivity index (χ1) is 12.0. The van der Waals surface area contributed by atoms with Gasteiger partial charge < -0.3 is 4.74 Å². The van der Waals surface area contributed by atoms with E-state index in [-0.39, 0.29) is 29.9 Å². The minimum atomic E-state index is -4.52. The van der Waals surface area contributed by atoms with Crippen LogP contribution in [0.15, 0.2) is 44.8 Å². The lowest BCUT2D eigenvalue weighted by molar-refractivity contribution is -0.253. The summed E-state index contributed by atoms with van der Waals surface area (Å²) in [6, 6.07) is 6.14. The Morgan fingerprint density at radius 1 is 1.00 bits per heavy atom. The molecule has 2 bridgehead atoms. The van der Waals surface area contributed by atoms with Crippen molar-refractivity contribution in [1.82, 2.24) is 0 Å². The Hall–Kier alpha value is -2.26. The van der Waals surface area contributed by atoms with E-state index >= 15 is 0 Å². The number of halogens is 4. The Morgan fingerprint density at radius 2 is 1.68 bits per heavy atom. The second-order valence-electron chi connectivity index (χ2n) is 6.76. The Kier molecular flexibility index (Phi) is 2.94. The molecule has 2 heterocycles. The molecule has 0 spiro atoms. The van der Waals surface area contributed by atoms with Crippen LogP contribution in [0.5, 0.6) is 5.75 Å². The third-order valence-corrected chi connectivity index (χ3v) is 5.51. The molecule has 6 nitrogen and oxygen atoms in total. The lowest BCUT2D eigenvalue weighted by atomic mass is 9.82. The van der Waals surface area contributed by atoms with Crippen molar-refractivity contribution < 1.29 is 22.3 Å². The summed E-state index contributed by atoms with van der Waals surface area (Å²) >= 11 is 0. The standard InChI is InChI=1S/C15H13F4N5O/c16-14(17)15(18,19)25-7-3-1-6(2-4-7)24-13-9-5-8(12(13)22-23-24)10-11(9)21-20-10/h1-4,8-14H,5H2/t8-,9+,10+,11-,12-,13+/m0/s1. The van der Waals surface area contributed by atoms with E-state index in [1.54, 1.807) is 5.01 Å². The molecule has 132 valence electrons. The first-order valence-corrected chi connectivity index (χ1v) is 8.01. The Labute approximate surface area is 139 Å². The van der Waals surface area contributed by atoms with Crippen molar-refractivity contribution in [3.63, 3.8) is 0 Å². The van der Waals surface area contributed by atoms with Gasteiger partial charge in [0.1, 0.15) is 23.9 Å². The van der Waals surface area contributed by atoms with Crippen molar-refractivity contribution in [2.45, 2.75) is 43.1 Å². The lowest BCUT2D eigenvalue weighted by Crippen LogP contribution is -2.52. The van der Waals surface area contributed by atoms with Gasteiger partial charge in [-0.25, -0.2) is 5.01 Å². The van der Waals surface area contributed by atoms with Crippen LogP contribution in [0.4, 0.5) is 23.2 Å². The molecule has 2 aliphatic carbocycles. The third kappa shape index (κ3) is 2.02. The fourth-order valence-electron chi connectivity index (χ4n) is 4.43. The number of fused-ring (bicyclic) bond motifs is 8. The maximum absolute atomic E-state index is 13.0. The third-order valence-electron chi connectivity index (χ3n) is 5.51. The van der Waals surface area contributed by atoms with Crippen molar-refractivity contribution in [2.75, 3.05) is 5.01 Å². The summed E-state index contributed by atoms with van der Waals surface area (Å²) in [5.41, 5.74) is 0.657. The minimum Gasteiger partial charge on any atom is -0.428 e. The Balaban J connectivity index is 1.35. The van der Waals surface area contributed by atoms with E-state index in [0.29, 0.717) is 17.5 Å². The van der Waals surface area contributed by atoms with Crippen molar-refractivity contribution in [3.8, 4) is 5.75 Å². The van der Waals surface area contributed by atoms with E-state index in [2.05, 4.69) is 25.3 Å². The number of alkyl halides is 4. The number of ether oxygens (including phenoxy) is 1. The first-order valence-electron chi connectivity index (χ1n) is 8.01. The zero-order valence-electron chi connectivity index (χ0n) is 12.7. The van der Waals surface area contributed by atoms with Gasteiger partial charge in [0, 0.05) is 11.8 Å². The molecule has 0 aromatic heterocycles. The van der Waals surface area contributed by atoms with Gasteiger partial charge in [-0.3, -0.25) is 0 Å². The second kappa shape index (κ2) is 4.89. The molecular weight excluding hydrogens is 342 g/mol. The number of anilines is 1. The van der Waals surface area contributed by atoms with Gasteiger partial charge in [-0.05, 0) is 30.7 Å². The summed E-state index contributed by atoms with van der Waals surface area (Å²) in [4.78, 5) is 0. The molecule has 1 aromatic rings. The molecule has 2 fully saturated rings. The molecular formula is C15H13F4N5O. The molecule has 2 aliphatic heterocycles. The summed E-state index contributed by atoms with van der Waals surface area (Å²) in [7, 11) is 0. The van der Waals surface area contributed by atoms with Gasteiger partial charge in [-0.2, -0.15) is 32.9 Å². The molecule has 25 heavy (non-hydrogen) atoms. The van der Waals surface area contributed by atoms with Gasteiger partial charge in [0.15, 0.2) is 0 Å². The average molecular weight is 355 g/mol. The van der Waals surface area contributed by atoms with Gasteiger partial charge in [-0.1, -0.05) is 5.22 Å². The monoisotopic (exact) mass is 355 g/mol. The van der Waals surface area contributed by atoms with E-state index in [1.165, 1.54) is 24.3 Å². The maximum Gasteiger partial charge on any atom is 0.461 e. The van der Waals surface area contributed by atoms with Crippen LogP contribution >= 0.6 is 0 Å². The van der Waals surface area contributed by atoms with Gasteiger partial charge >= 0.3 is 12.5 Å². The van der Waals surface area contributed by atoms with Crippen LogP contribution < -0.4 is 9.75 Å². The summed E-state index contributed by atoms with van der Waals surface area (Å²) in [6.45, 7) is 0. The molecule has 0 radical (unpaired) electrons.